The Morgan fingerprint density at radius 2 is 1.79 bits per heavy atom. The zero-order valence-electron chi connectivity index (χ0n) is 16.2. The molecule has 29 heavy (non-hydrogen) atoms. The molecule has 3 heterocycles. The lowest BCUT2D eigenvalue weighted by atomic mass is 9.90. The van der Waals surface area contributed by atoms with Gasteiger partial charge in [0.2, 0.25) is 0 Å². The van der Waals surface area contributed by atoms with Crippen LogP contribution < -0.4 is 5.32 Å². The Bertz CT molecular complexity index is 1230. The zero-order chi connectivity index (χ0) is 19.8. The lowest BCUT2D eigenvalue weighted by Gasteiger charge is -2.16. The largest absolute Gasteiger partial charge is 0.332 e. The van der Waals surface area contributed by atoms with Gasteiger partial charge in [0, 0.05) is 30.4 Å². The highest BCUT2D eigenvalue weighted by molar-refractivity contribution is 6.04. The van der Waals surface area contributed by atoms with E-state index in [2.05, 4.69) is 26.3 Å². The molecule has 0 bridgehead atoms. The summed E-state index contributed by atoms with van der Waals surface area (Å²) >= 11 is 0. The van der Waals surface area contributed by atoms with Crippen LogP contribution >= 0.6 is 0 Å². The Morgan fingerprint density at radius 3 is 2.62 bits per heavy atom. The number of hydrogen-bond donors (Lipinski definition) is 1. The van der Waals surface area contributed by atoms with Gasteiger partial charge < -0.3 is 9.88 Å². The third-order valence-corrected chi connectivity index (χ3v) is 5.53. The first-order valence-corrected chi connectivity index (χ1v) is 9.83. The fourth-order valence-corrected chi connectivity index (χ4v) is 3.91. The minimum absolute atomic E-state index is 0.133. The number of nitrogens with zero attached hydrogens (tertiary/aromatic N) is 4. The van der Waals surface area contributed by atoms with Gasteiger partial charge in [-0.05, 0) is 66.5 Å². The van der Waals surface area contributed by atoms with Crippen LogP contribution in [0.25, 0.3) is 22.2 Å². The smallest absolute Gasteiger partial charge is 0.256 e. The standard InChI is InChI=1S/C23H21N5O/c1-28-14-24-13-21(28)20-9-18-10-22(26-12-19(18)11-25-20)27-23(29)17-7-6-15-4-2-3-5-16(15)8-17/h6-14H,2-5H2,1H3,(H,26,27,29). The monoisotopic (exact) mass is 383 g/mol. The van der Waals surface area contributed by atoms with Crippen molar-refractivity contribution in [3.05, 3.63) is 71.9 Å². The highest BCUT2D eigenvalue weighted by Gasteiger charge is 2.14. The maximum atomic E-state index is 12.8. The van der Waals surface area contributed by atoms with E-state index >= 15 is 0 Å². The molecule has 4 aromatic rings. The predicted octanol–water partition coefficient (Wildman–Crippen LogP) is 4.16. The number of imidazole rings is 1. The second-order valence-corrected chi connectivity index (χ2v) is 7.52. The lowest BCUT2D eigenvalue weighted by molar-refractivity contribution is 0.102. The average Bonchev–Trinajstić information content (AvgIpc) is 3.18. The first kappa shape index (κ1) is 17.6. The molecule has 1 N–H and O–H groups in total. The summed E-state index contributed by atoms with van der Waals surface area (Å²) in [6.45, 7) is 0. The molecule has 144 valence electrons. The van der Waals surface area contributed by atoms with Gasteiger partial charge >= 0.3 is 0 Å². The molecule has 0 atom stereocenters. The number of anilines is 1. The number of amides is 1. The summed E-state index contributed by atoms with van der Waals surface area (Å²) in [4.78, 5) is 25.8. The Labute approximate surface area is 168 Å². The molecule has 1 aromatic carbocycles. The van der Waals surface area contributed by atoms with Crippen LogP contribution in [0.15, 0.2) is 55.2 Å². The SMILES string of the molecule is Cn1cncc1-c1cc2cc(NC(=O)c3ccc4c(c3)CCCC4)ncc2cn1. The first-order chi connectivity index (χ1) is 14.2. The minimum atomic E-state index is -0.133. The summed E-state index contributed by atoms with van der Waals surface area (Å²) in [5.74, 6) is 0.397. The Kier molecular flexibility index (Phi) is 4.31. The summed E-state index contributed by atoms with van der Waals surface area (Å²) in [7, 11) is 1.94. The molecular weight excluding hydrogens is 362 g/mol. The van der Waals surface area contributed by atoms with Crippen LogP contribution in [0.5, 0.6) is 0 Å². The molecule has 1 aliphatic carbocycles. The third kappa shape index (κ3) is 3.38. The Hall–Kier alpha value is -3.54. The number of aromatic nitrogens is 4. The summed E-state index contributed by atoms with van der Waals surface area (Å²) in [5.41, 5.74) is 5.10. The third-order valence-electron chi connectivity index (χ3n) is 5.53. The number of fused-ring (bicyclic) bond motifs is 2. The molecule has 0 radical (unpaired) electrons. The van der Waals surface area contributed by atoms with Crippen molar-refractivity contribution >= 4 is 22.5 Å². The van der Waals surface area contributed by atoms with Crippen molar-refractivity contribution < 1.29 is 4.79 Å². The second kappa shape index (κ2) is 7.13. The average molecular weight is 383 g/mol. The van der Waals surface area contributed by atoms with E-state index in [1.54, 1.807) is 24.9 Å². The molecule has 0 aliphatic heterocycles. The van der Waals surface area contributed by atoms with Gasteiger partial charge in [-0.15, -0.1) is 0 Å². The zero-order valence-corrected chi connectivity index (χ0v) is 16.2. The quantitative estimate of drug-likeness (QED) is 0.576. The topological polar surface area (TPSA) is 72.7 Å². The molecule has 0 spiro atoms. The van der Waals surface area contributed by atoms with Gasteiger partial charge in [0.1, 0.15) is 5.82 Å². The van der Waals surface area contributed by atoms with Gasteiger partial charge in [-0.25, -0.2) is 9.97 Å². The number of aryl methyl sites for hydroxylation is 3. The van der Waals surface area contributed by atoms with E-state index in [0.717, 1.165) is 35.0 Å². The first-order valence-electron chi connectivity index (χ1n) is 9.83. The van der Waals surface area contributed by atoms with Crippen LogP contribution in [-0.2, 0) is 19.9 Å². The molecule has 0 saturated carbocycles. The molecule has 6 heteroatoms. The number of carbonyl (C=O) groups excluding carboxylic acids is 1. The molecule has 0 saturated heterocycles. The maximum Gasteiger partial charge on any atom is 0.256 e. The van der Waals surface area contributed by atoms with E-state index in [1.165, 1.54) is 24.0 Å². The van der Waals surface area contributed by atoms with E-state index < -0.39 is 0 Å². The molecule has 5 rings (SSSR count). The molecule has 3 aromatic heterocycles. The molecular formula is C23H21N5O. The van der Waals surface area contributed by atoms with Crippen molar-refractivity contribution in [3.8, 4) is 11.4 Å². The highest BCUT2D eigenvalue weighted by atomic mass is 16.1. The van der Waals surface area contributed by atoms with Gasteiger partial charge in [-0.2, -0.15) is 0 Å². The van der Waals surface area contributed by atoms with Crippen LogP contribution in [0.2, 0.25) is 0 Å². The van der Waals surface area contributed by atoms with Gasteiger partial charge in [0.05, 0.1) is 23.9 Å². The van der Waals surface area contributed by atoms with Crippen molar-refractivity contribution in [2.24, 2.45) is 7.05 Å². The van der Waals surface area contributed by atoms with Crippen molar-refractivity contribution in [2.75, 3.05) is 5.32 Å². The van der Waals surface area contributed by atoms with Crippen LogP contribution in [0.4, 0.5) is 5.82 Å². The Balaban J connectivity index is 1.42. The summed E-state index contributed by atoms with van der Waals surface area (Å²) in [6.07, 6.45) is 11.6. The molecule has 0 unspecified atom stereocenters. The maximum absolute atomic E-state index is 12.8. The number of benzene rings is 1. The molecule has 0 fully saturated rings. The predicted molar refractivity (Wildman–Crippen MR) is 113 cm³/mol. The fourth-order valence-electron chi connectivity index (χ4n) is 3.91. The van der Waals surface area contributed by atoms with Crippen molar-refractivity contribution in [2.45, 2.75) is 25.7 Å². The van der Waals surface area contributed by atoms with Crippen molar-refractivity contribution in [3.63, 3.8) is 0 Å². The number of rotatable bonds is 3. The Morgan fingerprint density at radius 1 is 0.966 bits per heavy atom. The van der Waals surface area contributed by atoms with E-state index in [1.807, 2.05) is 35.9 Å². The van der Waals surface area contributed by atoms with Crippen LogP contribution in [0, 0.1) is 0 Å². The normalized spacial score (nSPS) is 13.3. The minimum Gasteiger partial charge on any atom is -0.332 e. The van der Waals surface area contributed by atoms with E-state index in [-0.39, 0.29) is 5.91 Å². The molecule has 1 aliphatic rings. The number of nitrogens with one attached hydrogen (secondary N) is 1. The van der Waals surface area contributed by atoms with Crippen LogP contribution in [-0.4, -0.2) is 25.4 Å². The van der Waals surface area contributed by atoms with E-state index in [9.17, 15) is 4.79 Å². The number of pyridine rings is 2. The summed E-state index contributed by atoms with van der Waals surface area (Å²) in [5, 5.41) is 4.82. The number of carbonyl (C=O) groups is 1. The van der Waals surface area contributed by atoms with Crippen molar-refractivity contribution in [1.82, 2.24) is 19.5 Å². The van der Waals surface area contributed by atoms with Gasteiger partial charge in [0.25, 0.3) is 5.91 Å². The number of hydrogen-bond acceptors (Lipinski definition) is 4. The van der Waals surface area contributed by atoms with Gasteiger partial charge in [0.15, 0.2) is 0 Å². The molecule has 1 amide bonds. The highest BCUT2D eigenvalue weighted by Crippen LogP contribution is 2.24. The van der Waals surface area contributed by atoms with Gasteiger partial charge in [-0.1, -0.05) is 6.07 Å². The van der Waals surface area contributed by atoms with E-state index in [0.29, 0.717) is 11.4 Å². The molecule has 6 nitrogen and oxygen atoms in total. The van der Waals surface area contributed by atoms with Gasteiger partial charge in [-0.3, -0.25) is 9.78 Å². The van der Waals surface area contributed by atoms with Crippen LogP contribution in [0.1, 0.15) is 34.3 Å². The van der Waals surface area contributed by atoms with Crippen molar-refractivity contribution in [1.29, 1.82) is 0 Å². The second-order valence-electron chi connectivity index (χ2n) is 7.52. The van der Waals surface area contributed by atoms with E-state index in [4.69, 9.17) is 0 Å². The summed E-state index contributed by atoms with van der Waals surface area (Å²) in [6, 6.07) is 9.89. The lowest BCUT2D eigenvalue weighted by Crippen LogP contribution is -2.14. The summed E-state index contributed by atoms with van der Waals surface area (Å²) < 4.78 is 1.92. The van der Waals surface area contributed by atoms with Crippen LogP contribution in [0.3, 0.4) is 0 Å². The fraction of sp³-hybridized carbons (Fsp3) is 0.217.